The Labute approximate surface area is 266 Å². The van der Waals surface area contributed by atoms with E-state index < -0.39 is 0 Å². The van der Waals surface area contributed by atoms with Gasteiger partial charge < -0.3 is 4.57 Å². The molecule has 0 N–H and O–H groups in total. The van der Waals surface area contributed by atoms with Crippen molar-refractivity contribution >= 4 is 55.3 Å². The number of fused-ring (bicyclic) bond motifs is 5. The van der Waals surface area contributed by atoms with Crippen molar-refractivity contribution < 1.29 is 0 Å². The van der Waals surface area contributed by atoms with Gasteiger partial charge in [-0.25, -0.2) is 0 Å². The zero-order valence-electron chi connectivity index (χ0n) is 23.8. The summed E-state index contributed by atoms with van der Waals surface area (Å²) in [6.45, 7) is 0. The largest absolute Gasteiger partial charge is 0.309 e. The van der Waals surface area contributed by atoms with E-state index in [0.29, 0.717) is 0 Å². The highest BCUT2D eigenvalue weighted by Gasteiger charge is 2.19. The van der Waals surface area contributed by atoms with Crippen LogP contribution in [0.3, 0.4) is 0 Å². The van der Waals surface area contributed by atoms with Crippen molar-refractivity contribution in [3.8, 4) is 49.1 Å². The van der Waals surface area contributed by atoms with Gasteiger partial charge in [0.25, 0.3) is 0 Å². The quantitative estimate of drug-likeness (QED) is 0.194. The lowest BCUT2D eigenvalue weighted by Gasteiger charge is -2.12. The van der Waals surface area contributed by atoms with Crippen molar-refractivity contribution in [1.29, 1.82) is 0 Å². The maximum Gasteiger partial charge on any atom is 0.0818 e. The molecule has 4 aromatic carbocycles. The first-order valence-electron chi connectivity index (χ1n) is 14.6. The van der Waals surface area contributed by atoms with Gasteiger partial charge in [0.2, 0.25) is 0 Å². The van der Waals surface area contributed by atoms with E-state index in [4.69, 9.17) is 9.97 Å². The number of rotatable bonds is 5. The van der Waals surface area contributed by atoms with Crippen molar-refractivity contribution in [2.75, 3.05) is 0 Å². The molecule has 0 aliphatic rings. The molecule has 45 heavy (non-hydrogen) atoms. The zero-order chi connectivity index (χ0) is 29.7. The van der Waals surface area contributed by atoms with Crippen LogP contribution in [0.25, 0.3) is 81.7 Å². The Hall–Kier alpha value is -5.50. The second-order valence-corrected chi connectivity index (χ2v) is 12.6. The number of aromatic nitrogens is 5. The molecule has 7 heteroatoms. The molecular weight excluding hydrogens is 591 g/mol. The van der Waals surface area contributed by atoms with E-state index in [-0.39, 0.29) is 0 Å². The van der Waals surface area contributed by atoms with Crippen LogP contribution in [-0.4, -0.2) is 24.5 Å². The minimum absolute atomic E-state index is 0.937. The summed E-state index contributed by atoms with van der Waals surface area (Å²) < 4.78 is 2.39. The van der Waals surface area contributed by atoms with Gasteiger partial charge in [-0.15, -0.1) is 22.7 Å². The Morgan fingerprint density at radius 2 is 1.13 bits per heavy atom. The minimum atomic E-state index is 0.937. The highest BCUT2D eigenvalue weighted by atomic mass is 32.1. The van der Waals surface area contributed by atoms with Crippen LogP contribution in [0.5, 0.6) is 0 Å². The van der Waals surface area contributed by atoms with E-state index in [1.807, 2.05) is 35.8 Å². The standard InChI is InChI=1S/C38H23N5S2/c1-2-6-27(7-3-1)43-34-16-24(25-11-14-32(41-18-25)36-20-39-22-44-36)10-13-30(34)38-29-9-5-4-8-28(29)31(17-35(38)43)26-12-15-33(42-19-26)37-21-40-23-45-37/h1-23H. The Kier molecular flexibility index (Phi) is 6.11. The summed E-state index contributed by atoms with van der Waals surface area (Å²) >= 11 is 3.20. The minimum Gasteiger partial charge on any atom is -0.309 e. The molecule has 0 amide bonds. The molecule has 0 spiro atoms. The molecule has 0 saturated carbocycles. The Morgan fingerprint density at radius 1 is 0.489 bits per heavy atom. The Balaban J connectivity index is 1.28. The fraction of sp³-hybridized carbons (Fsp3) is 0. The van der Waals surface area contributed by atoms with E-state index in [1.54, 1.807) is 22.7 Å². The van der Waals surface area contributed by atoms with Gasteiger partial charge in [-0.3, -0.25) is 19.9 Å². The van der Waals surface area contributed by atoms with E-state index >= 15 is 0 Å². The average Bonchev–Trinajstić information content (AvgIpc) is 3.90. The summed E-state index contributed by atoms with van der Waals surface area (Å²) in [7, 11) is 0. The first-order chi connectivity index (χ1) is 22.3. The summed E-state index contributed by atoms with van der Waals surface area (Å²) in [5.74, 6) is 0. The molecule has 0 unspecified atom stereocenters. The van der Waals surface area contributed by atoms with Gasteiger partial charge in [-0.05, 0) is 58.3 Å². The number of pyridine rings is 2. The van der Waals surface area contributed by atoms with Gasteiger partial charge in [0, 0.05) is 52.4 Å². The average molecular weight is 614 g/mol. The predicted octanol–water partition coefficient (Wildman–Crippen LogP) is 10.3. The van der Waals surface area contributed by atoms with Crippen molar-refractivity contribution in [3.05, 3.63) is 139 Å². The summed E-state index contributed by atoms with van der Waals surface area (Å²) in [4.78, 5) is 20.2. The highest BCUT2D eigenvalue weighted by molar-refractivity contribution is 7.13. The number of benzene rings is 4. The van der Waals surface area contributed by atoms with Crippen LogP contribution in [0.2, 0.25) is 0 Å². The summed E-state index contributed by atoms with van der Waals surface area (Å²) in [5, 5.41) is 4.89. The van der Waals surface area contributed by atoms with Gasteiger partial charge in [-0.1, -0.05) is 66.7 Å². The van der Waals surface area contributed by atoms with E-state index in [9.17, 15) is 0 Å². The number of hydrogen-bond acceptors (Lipinski definition) is 6. The molecule has 9 rings (SSSR count). The SMILES string of the molecule is c1ccc(-n2c3cc(-c4ccc(-c5cncs5)nc4)ccc3c3c4ccccc4c(-c4ccc(-c5cncs5)nc4)cc32)cc1. The van der Waals surface area contributed by atoms with Crippen molar-refractivity contribution in [3.63, 3.8) is 0 Å². The number of thiazole rings is 2. The molecule has 0 radical (unpaired) electrons. The van der Waals surface area contributed by atoms with Crippen LogP contribution in [0.15, 0.2) is 139 Å². The molecule has 0 aliphatic carbocycles. The molecule has 0 atom stereocenters. The fourth-order valence-electron chi connectivity index (χ4n) is 6.25. The lowest BCUT2D eigenvalue weighted by Crippen LogP contribution is -1.94. The van der Waals surface area contributed by atoms with Crippen molar-refractivity contribution in [1.82, 2.24) is 24.5 Å². The van der Waals surface area contributed by atoms with E-state index in [1.165, 1.54) is 21.5 Å². The predicted molar refractivity (Wildman–Crippen MR) is 187 cm³/mol. The van der Waals surface area contributed by atoms with Crippen LogP contribution < -0.4 is 0 Å². The van der Waals surface area contributed by atoms with Gasteiger partial charge in [0.1, 0.15) is 0 Å². The summed E-state index contributed by atoms with van der Waals surface area (Å²) in [5.41, 5.74) is 13.4. The van der Waals surface area contributed by atoms with E-state index in [0.717, 1.165) is 60.1 Å². The van der Waals surface area contributed by atoms with Crippen molar-refractivity contribution in [2.24, 2.45) is 0 Å². The van der Waals surface area contributed by atoms with E-state index in [2.05, 4.69) is 118 Å². The van der Waals surface area contributed by atoms with Gasteiger partial charge in [0.15, 0.2) is 0 Å². The molecule has 212 valence electrons. The first kappa shape index (κ1) is 25.9. The highest BCUT2D eigenvalue weighted by Crippen LogP contribution is 2.42. The summed E-state index contributed by atoms with van der Waals surface area (Å²) in [6.07, 6.45) is 7.68. The van der Waals surface area contributed by atoms with Crippen molar-refractivity contribution in [2.45, 2.75) is 0 Å². The number of para-hydroxylation sites is 1. The topological polar surface area (TPSA) is 56.5 Å². The first-order valence-corrected chi connectivity index (χ1v) is 16.3. The molecule has 5 nitrogen and oxygen atoms in total. The Bertz CT molecular complexity index is 2450. The second kappa shape index (κ2) is 10.6. The number of nitrogens with zero attached hydrogens (tertiary/aromatic N) is 5. The van der Waals surface area contributed by atoms with Crippen LogP contribution >= 0.6 is 22.7 Å². The molecule has 0 fully saturated rings. The second-order valence-electron chi connectivity index (χ2n) is 10.9. The molecular formula is C38H23N5S2. The molecule has 0 bridgehead atoms. The van der Waals surface area contributed by atoms with Crippen LogP contribution in [0.4, 0.5) is 0 Å². The molecule has 5 heterocycles. The Morgan fingerprint density at radius 3 is 1.78 bits per heavy atom. The molecule has 5 aromatic heterocycles. The lowest BCUT2D eigenvalue weighted by atomic mass is 9.95. The molecule has 0 saturated heterocycles. The zero-order valence-corrected chi connectivity index (χ0v) is 25.5. The molecule has 9 aromatic rings. The molecule has 0 aliphatic heterocycles. The monoisotopic (exact) mass is 613 g/mol. The van der Waals surface area contributed by atoms with Crippen LogP contribution in [0, 0.1) is 0 Å². The van der Waals surface area contributed by atoms with Gasteiger partial charge in [-0.2, -0.15) is 0 Å². The maximum absolute atomic E-state index is 4.83. The summed E-state index contributed by atoms with van der Waals surface area (Å²) in [6, 6.07) is 36.9. The third-order valence-electron chi connectivity index (χ3n) is 8.33. The smallest absolute Gasteiger partial charge is 0.0818 e. The van der Waals surface area contributed by atoms with Gasteiger partial charge in [0.05, 0.1) is 43.2 Å². The number of hydrogen-bond donors (Lipinski definition) is 0. The fourth-order valence-corrected chi connectivity index (χ4v) is 7.44. The third-order valence-corrected chi connectivity index (χ3v) is 9.92. The normalized spacial score (nSPS) is 11.6. The van der Waals surface area contributed by atoms with Crippen LogP contribution in [0.1, 0.15) is 0 Å². The van der Waals surface area contributed by atoms with Crippen LogP contribution in [-0.2, 0) is 0 Å². The lowest BCUT2D eigenvalue weighted by molar-refractivity contribution is 1.18. The van der Waals surface area contributed by atoms with Gasteiger partial charge >= 0.3 is 0 Å². The third kappa shape index (κ3) is 4.36. The maximum atomic E-state index is 4.83.